The summed E-state index contributed by atoms with van der Waals surface area (Å²) in [7, 11) is 1.69. The van der Waals surface area contributed by atoms with Crippen LogP contribution in [0.5, 0.6) is 0 Å². The maximum atomic E-state index is 12.9. The second-order valence-corrected chi connectivity index (χ2v) is 8.12. The van der Waals surface area contributed by atoms with E-state index >= 15 is 0 Å². The van der Waals surface area contributed by atoms with E-state index in [1.165, 1.54) is 25.3 Å². The van der Waals surface area contributed by atoms with E-state index in [-0.39, 0.29) is 12.2 Å². The molecule has 27 heavy (non-hydrogen) atoms. The number of rotatable bonds is 4. The lowest BCUT2D eigenvalue weighted by molar-refractivity contribution is -0.137. The molecule has 0 radical (unpaired) electrons. The predicted octanol–water partition coefficient (Wildman–Crippen LogP) is 4.29. The second kappa shape index (κ2) is 7.83. The van der Waals surface area contributed by atoms with Crippen molar-refractivity contribution in [1.29, 1.82) is 0 Å². The number of halogens is 4. The van der Waals surface area contributed by atoms with Crippen LogP contribution in [0.15, 0.2) is 18.2 Å². The molecule has 2 aliphatic carbocycles. The van der Waals surface area contributed by atoms with Crippen molar-refractivity contribution in [2.75, 3.05) is 18.9 Å². The van der Waals surface area contributed by atoms with Crippen molar-refractivity contribution in [3.63, 3.8) is 0 Å². The smallest absolute Gasteiger partial charge is 0.360 e. The molecule has 2 bridgehead atoms. The standard InChI is InChI=1S/C18H21ClF3N3OS/c1-25(17(27)24-15-7-10-2-3-11(15)6-10)9-16(26)23-12-4-5-14(19)13(8-12)18(20,21)22/h4-5,8,10-11,15H,2-3,6-7,9H2,1H3,(H,23,26)(H,24,27)/t10-,11-,15-/m0/s1. The fraction of sp³-hybridized carbons (Fsp3) is 0.556. The van der Waals surface area contributed by atoms with E-state index < -0.39 is 22.7 Å². The second-order valence-electron chi connectivity index (χ2n) is 7.33. The molecule has 1 aromatic rings. The molecule has 2 fully saturated rings. The van der Waals surface area contributed by atoms with Crippen molar-refractivity contribution in [3.8, 4) is 0 Å². The molecule has 3 rings (SSSR count). The van der Waals surface area contributed by atoms with E-state index in [0.717, 1.165) is 24.5 Å². The molecule has 1 amide bonds. The van der Waals surface area contributed by atoms with Crippen LogP contribution < -0.4 is 10.6 Å². The van der Waals surface area contributed by atoms with Crippen LogP contribution in [0.25, 0.3) is 0 Å². The zero-order valence-electron chi connectivity index (χ0n) is 14.8. The average Bonchev–Trinajstić information content (AvgIpc) is 3.18. The third-order valence-electron chi connectivity index (χ3n) is 5.33. The number of carbonyl (C=O) groups excluding carboxylic acids is 1. The Hall–Kier alpha value is -1.54. The molecule has 0 spiro atoms. The number of fused-ring (bicyclic) bond motifs is 2. The van der Waals surface area contributed by atoms with E-state index in [4.69, 9.17) is 23.8 Å². The van der Waals surface area contributed by atoms with Gasteiger partial charge in [-0.15, -0.1) is 0 Å². The zero-order valence-corrected chi connectivity index (χ0v) is 16.3. The maximum Gasteiger partial charge on any atom is 0.417 e. The number of likely N-dealkylation sites (N-methyl/N-ethyl adjacent to an activating group) is 1. The number of alkyl halides is 3. The molecule has 1 aromatic carbocycles. The van der Waals surface area contributed by atoms with Crippen molar-refractivity contribution in [2.24, 2.45) is 11.8 Å². The van der Waals surface area contributed by atoms with Crippen LogP contribution in [0.1, 0.15) is 31.2 Å². The summed E-state index contributed by atoms with van der Waals surface area (Å²) in [4.78, 5) is 13.8. The molecule has 0 heterocycles. The molecule has 0 saturated heterocycles. The van der Waals surface area contributed by atoms with E-state index in [1.54, 1.807) is 11.9 Å². The van der Waals surface area contributed by atoms with Crippen molar-refractivity contribution < 1.29 is 18.0 Å². The van der Waals surface area contributed by atoms with Gasteiger partial charge in [-0.05, 0) is 61.5 Å². The first-order valence-electron chi connectivity index (χ1n) is 8.81. The van der Waals surface area contributed by atoms with E-state index in [9.17, 15) is 18.0 Å². The van der Waals surface area contributed by atoms with Crippen LogP contribution in [-0.4, -0.2) is 35.6 Å². The largest absolute Gasteiger partial charge is 0.417 e. The van der Waals surface area contributed by atoms with Gasteiger partial charge in [-0.3, -0.25) is 4.79 Å². The number of thiocarbonyl (C=S) groups is 1. The summed E-state index contributed by atoms with van der Waals surface area (Å²) in [5.41, 5.74) is -0.944. The lowest BCUT2D eigenvalue weighted by atomic mass is 9.95. The number of amides is 1. The SMILES string of the molecule is CN(CC(=O)Nc1ccc(Cl)c(C(F)(F)F)c1)C(=S)N[C@H]1C[C@H]2CC[C@H]1C2. The van der Waals surface area contributed by atoms with Crippen LogP contribution in [0, 0.1) is 11.8 Å². The summed E-state index contributed by atoms with van der Waals surface area (Å²) >= 11 is 11.0. The fourth-order valence-corrected chi connectivity index (χ4v) is 4.44. The third kappa shape index (κ3) is 4.85. The van der Waals surface area contributed by atoms with E-state index in [0.29, 0.717) is 17.1 Å². The van der Waals surface area contributed by atoms with Gasteiger partial charge in [0.05, 0.1) is 17.1 Å². The van der Waals surface area contributed by atoms with E-state index in [2.05, 4.69) is 10.6 Å². The molecule has 2 saturated carbocycles. The van der Waals surface area contributed by atoms with Crippen LogP contribution in [0.4, 0.5) is 18.9 Å². The van der Waals surface area contributed by atoms with Crippen LogP contribution >= 0.6 is 23.8 Å². The quantitative estimate of drug-likeness (QED) is 0.714. The minimum absolute atomic E-state index is 0.0390. The Bertz CT molecular complexity index is 743. The highest BCUT2D eigenvalue weighted by Crippen LogP contribution is 2.44. The Morgan fingerprint density at radius 2 is 2.07 bits per heavy atom. The molecule has 148 valence electrons. The number of nitrogens with zero attached hydrogens (tertiary/aromatic N) is 1. The Balaban J connectivity index is 1.53. The van der Waals surface area contributed by atoms with Crippen molar-refractivity contribution in [2.45, 2.75) is 37.9 Å². The summed E-state index contributed by atoms with van der Waals surface area (Å²) in [5.74, 6) is 0.965. The molecule has 9 heteroatoms. The Morgan fingerprint density at radius 3 is 2.67 bits per heavy atom. The fourth-order valence-electron chi connectivity index (χ4n) is 4.00. The first-order valence-corrected chi connectivity index (χ1v) is 9.60. The number of hydrogen-bond donors (Lipinski definition) is 2. The van der Waals surface area contributed by atoms with Gasteiger partial charge >= 0.3 is 6.18 Å². The summed E-state index contributed by atoms with van der Waals surface area (Å²) in [5, 5.41) is 5.86. The summed E-state index contributed by atoms with van der Waals surface area (Å²) in [6.45, 7) is -0.0589. The van der Waals surface area contributed by atoms with Gasteiger partial charge in [0.2, 0.25) is 5.91 Å². The van der Waals surface area contributed by atoms with Crippen molar-refractivity contribution >= 4 is 40.5 Å². The Kier molecular flexibility index (Phi) is 5.86. The lowest BCUT2D eigenvalue weighted by Crippen LogP contribution is -2.47. The van der Waals surface area contributed by atoms with Gasteiger partial charge in [-0.25, -0.2) is 0 Å². The molecule has 0 unspecified atom stereocenters. The number of benzene rings is 1. The minimum atomic E-state index is -4.58. The van der Waals surface area contributed by atoms with Crippen LogP contribution in [-0.2, 0) is 11.0 Å². The minimum Gasteiger partial charge on any atom is -0.360 e. The molecule has 4 nitrogen and oxygen atoms in total. The summed E-state index contributed by atoms with van der Waals surface area (Å²) in [6, 6.07) is 3.63. The maximum absolute atomic E-state index is 12.9. The Morgan fingerprint density at radius 1 is 1.33 bits per heavy atom. The normalized spacial score (nSPS) is 24.0. The van der Waals surface area contributed by atoms with Crippen LogP contribution in [0.3, 0.4) is 0 Å². The van der Waals surface area contributed by atoms with Gasteiger partial charge in [0.15, 0.2) is 5.11 Å². The molecule has 2 aliphatic rings. The Labute approximate surface area is 166 Å². The van der Waals surface area contributed by atoms with Gasteiger partial charge in [-0.1, -0.05) is 18.0 Å². The van der Waals surface area contributed by atoms with Gasteiger partial charge in [-0.2, -0.15) is 13.2 Å². The number of anilines is 1. The molecule has 0 aliphatic heterocycles. The molecule has 3 atom stereocenters. The average molecular weight is 420 g/mol. The highest BCUT2D eigenvalue weighted by Gasteiger charge is 2.40. The number of carbonyl (C=O) groups is 1. The topological polar surface area (TPSA) is 44.4 Å². The number of hydrogen-bond acceptors (Lipinski definition) is 2. The van der Waals surface area contributed by atoms with E-state index in [1.807, 2.05) is 0 Å². The van der Waals surface area contributed by atoms with Gasteiger partial charge < -0.3 is 15.5 Å². The molecular weight excluding hydrogens is 399 g/mol. The monoisotopic (exact) mass is 419 g/mol. The van der Waals surface area contributed by atoms with Crippen molar-refractivity contribution in [3.05, 3.63) is 28.8 Å². The zero-order chi connectivity index (χ0) is 19.8. The number of nitrogens with one attached hydrogen (secondary N) is 2. The van der Waals surface area contributed by atoms with Crippen LogP contribution in [0.2, 0.25) is 5.02 Å². The highest BCUT2D eigenvalue weighted by atomic mass is 35.5. The van der Waals surface area contributed by atoms with Gasteiger partial charge in [0.25, 0.3) is 0 Å². The summed E-state index contributed by atoms with van der Waals surface area (Å²) < 4.78 is 38.7. The molecular formula is C18H21ClF3N3OS. The van der Waals surface area contributed by atoms with Gasteiger partial charge in [0, 0.05) is 18.8 Å². The van der Waals surface area contributed by atoms with Crippen molar-refractivity contribution in [1.82, 2.24) is 10.2 Å². The predicted molar refractivity (Wildman–Crippen MR) is 103 cm³/mol. The first-order chi connectivity index (χ1) is 12.6. The highest BCUT2D eigenvalue weighted by molar-refractivity contribution is 7.80. The van der Waals surface area contributed by atoms with Gasteiger partial charge in [0.1, 0.15) is 0 Å². The first kappa shape index (κ1) is 20.2. The lowest BCUT2D eigenvalue weighted by Gasteiger charge is -2.28. The molecule has 2 N–H and O–H groups in total. The summed E-state index contributed by atoms with van der Waals surface area (Å²) in [6.07, 6.45) is 0.265. The third-order valence-corrected chi connectivity index (χ3v) is 6.09. The molecule has 0 aromatic heterocycles.